The lowest BCUT2D eigenvalue weighted by molar-refractivity contribution is 0.615. The summed E-state index contributed by atoms with van der Waals surface area (Å²) in [6.45, 7) is 2.04. The molecule has 0 spiro atoms. The van der Waals surface area contributed by atoms with Crippen molar-refractivity contribution in [2.75, 3.05) is 0 Å². The maximum atomic E-state index is 5.12. The quantitative estimate of drug-likeness (QED) is 0.535. The Morgan fingerprint density at radius 2 is 2.40 bits per heavy atom. The van der Waals surface area contributed by atoms with Crippen LogP contribution in [0, 0.1) is 13.0 Å². The van der Waals surface area contributed by atoms with Crippen LogP contribution in [0.5, 0.6) is 0 Å². The number of aryl methyl sites for hydroxylation is 1. The molecular formula is C9H7O. The van der Waals surface area contributed by atoms with Crippen molar-refractivity contribution in [3.8, 4) is 0 Å². The van der Waals surface area contributed by atoms with Crippen LogP contribution in [0.2, 0.25) is 0 Å². The molecule has 1 nitrogen and oxygen atoms in total. The first kappa shape index (κ1) is 5.54. The molecule has 0 atom stereocenters. The van der Waals surface area contributed by atoms with Gasteiger partial charge >= 0.3 is 0 Å². The molecule has 0 fully saturated rings. The summed E-state index contributed by atoms with van der Waals surface area (Å²) in [4.78, 5) is 0. The molecule has 1 radical (unpaired) electrons. The Morgan fingerprint density at radius 3 is 3.30 bits per heavy atom. The van der Waals surface area contributed by atoms with Crippen molar-refractivity contribution in [1.29, 1.82) is 0 Å². The van der Waals surface area contributed by atoms with Gasteiger partial charge in [-0.05, 0) is 30.7 Å². The van der Waals surface area contributed by atoms with E-state index in [1.165, 1.54) is 5.56 Å². The lowest BCUT2D eigenvalue weighted by Crippen LogP contribution is -1.68. The van der Waals surface area contributed by atoms with Crippen LogP contribution in [0.15, 0.2) is 28.9 Å². The van der Waals surface area contributed by atoms with Gasteiger partial charge in [0, 0.05) is 11.5 Å². The molecule has 0 N–H and O–H groups in total. The van der Waals surface area contributed by atoms with E-state index in [0.29, 0.717) is 0 Å². The van der Waals surface area contributed by atoms with Crippen LogP contribution in [0.3, 0.4) is 0 Å². The van der Waals surface area contributed by atoms with Gasteiger partial charge in [0.15, 0.2) is 0 Å². The average molecular weight is 131 g/mol. The monoisotopic (exact) mass is 131 g/mol. The predicted octanol–water partition coefficient (Wildman–Crippen LogP) is 2.54. The Bertz CT molecular complexity index is 346. The van der Waals surface area contributed by atoms with Crippen molar-refractivity contribution in [1.82, 2.24) is 0 Å². The van der Waals surface area contributed by atoms with E-state index < -0.39 is 0 Å². The van der Waals surface area contributed by atoms with E-state index in [2.05, 4.69) is 12.1 Å². The van der Waals surface area contributed by atoms with E-state index in [1.54, 1.807) is 6.26 Å². The van der Waals surface area contributed by atoms with Crippen LogP contribution in [0.25, 0.3) is 11.0 Å². The first-order chi connectivity index (χ1) is 4.86. The molecule has 1 heterocycles. The van der Waals surface area contributed by atoms with Crippen molar-refractivity contribution in [2.45, 2.75) is 6.92 Å². The molecule has 0 saturated carbocycles. The topological polar surface area (TPSA) is 13.1 Å². The number of furan rings is 1. The van der Waals surface area contributed by atoms with Gasteiger partial charge in [-0.2, -0.15) is 0 Å². The zero-order chi connectivity index (χ0) is 6.97. The minimum absolute atomic E-state index is 0.839. The highest BCUT2D eigenvalue weighted by Gasteiger charge is 1.94. The van der Waals surface area contributed by atoms with Crippen LogP contribution in [0.1, 0.15) is 5.56 Å². The third-order valence-electron chi connectivity index (χ3n) is 1.51. The molecule has 1 heteroatoms. The molecule has 0 bridgehead atoms. The summed E-state index contributed by atoms with van der Waals surface area (Å²) in [6.07, 6.45) is 1.68. The van der Waals surface area contributed by atoms with Crippen LogP contribution < -0.4 is 0 Å². The van der Waals surface area contributed by atoms with Crippen LogP contribution in [0.4, 0.5) is 0 Å². The summed E-state index contributed by atoms with van der Waals surface area (Å²) < 4.78 is 5.12. The van der Waals surface area contributed by atoms with E-state index in [0.717, 1.165) is 11.0 Å². The number of hydrogen-bond acceptors (Lipinski definition) is 1. The Balaban J connectivity index is 2.86. The maximum Gasteiger partial charge on any atom is 0.141 e. The zero-order valence-electron chi connectivity index (χ0n) is 5.72. The van der Waals surface area contributed by atoms with E-state index >= 15 is 0 Å². The van der Waals surface area contributed by atoms with E-state index in [4.69, 9.17) is 4.42 Å². The fourth-order valence-corrected chi connectivity index (χ4v) is 1.02. The van der Waals surface area contributed by atoms with Crippen LogP contribution in [-0.2, 0) is 0 Å². The van der Waals surface area contributed by atoms with Gasteiger partial charge in [-0.25, -0.2) is 0 Å². The lowest BCUT2D eigenvalue weighted by Gasteiger charge is -1.88. The Hall–Kier alpha value is -1.24. The van der Waals surface area contributed by atoms with Crippen molar-refractivity contribution < 1.29 is 4.42 Å². The van der Waals surface area contributed by atoms with E-state index in [-0.39, 0.29) is 0 Å². The molecule has 0 amide bonds. The highest BCUT2D eigenvalue weighted by atomic mass is 16.3. The zero-order valence-corrected chi connectivity index (χ0v) is 5.72. The lowest BCUT2D eigenvalue weighted by atomic mass is 10.2. The first-order valence-corrected chi connectivity index (χ1v) is 3.22. The van der Waals surface area contributed by atoms with Gasteiger partial charge in [-0.15, -0.1) is 0 Å². The summed E-state index contributed by atoms with van der Waals surface area (Å²) >= 11 is 0. The van der Waals surface area contributed by atoms with Crippen LogP contribution >= 0.6 is 0 Å². The molecule has 10 heavy (non-hydrogen) atoms. The molecule has 0 saturated heterocycles. The SMILES string of the molecule is Cc1c[c]c2occc2c1. The average Bonchev–Trinajstić information content (AvgIpc) is 2.33. The molecule has 0 aliphatic heterocycles. The molecular weight excluding hydrogens is 124 g/mol. The van der Waals surface area contributed by atoms with Crippen LogP contribution in [-0.4, -0.2) is 0 Å². The largest absolute Gasteiger partial charge is 0.464 e. The summed E-state index contributed by atoms with van der Waals surface area (Å²) in [5, 5.41) is 1.13. The van der Waals surface area contributed by atoms with Crippen molar-refractivity contribution in [2.24, 2.45) is 0 Å². The van der Waals surface area contributed by atoms with Crippen molar-refractivity contribution in [3.63, 3.8) is 0 Å². The minimum atomic E-state index is 0.839. The molecule has 0 aliphatic carbocycles. The summed E-state index contributed by atoms with van der Waals surface area (Å²) in [5.74, 6) is 0. The minimum Gasteiger partial charge on any atom is -0.464 e. The van der Waals surface area contributed by atoms with Crippen molar-refractivity contribution >= 4 is 11.0 Å². The molecule has 1 aromatic heterocycles. The third-order valence-corrected chi connectivity index (χ3v) is 1.51. The molecule has 0 aliphatic rings. The van der Waals surface area contributed by atoms with E-state index in [1.807, 2.05) is 19.1 Å². The highest BCUT2D eigenvalue weighted by molar-refractivity contribution is 5.76. The number of hydrogen-bond donors (Lipinski definition) is 0. The Kier molecular flexibility index (Phi) is 1.04. The summed E-state index contributed by atoms with van der Waals surface area (Å²) in [6, 6.07) is 8.98. The fraction of sp³-hybridized carbons (Fsp3) is 0.111. The van der Waals surface area contributed by atoms with Gasteiger partial charge in [0.05, 0.1) is 6.26 Å². The smallest absolute Gasteiger partial charge is 0.141 e. The van der Waals surface area contributed by atoms with Gasteiger partial charge in [-0.3, -0.25) is 0 Å². The van der Waals surface area contributed by atoms with Gasteiger partial charge < -0.3 is 4.42 Å². The summed E-state index contributed by atoms with van der Waals surface area (Å²) in [7, 11) is 0. The number of fused-ring (bicyclic) bond motifs is 1. The first-order valence-electron chi connectivity index (χ1n) is 3.22. The van der Waals surface area contributed by atoms with Gasteiger partial charge in [0.2, 0.25) is 0 Å². The van der Waals surface area contributed by atoms with E-state index in [9.17, 15) is 0 Å². The standard InChI is InChI=1S/C9H7O/c1-7-2-3-9-8(6-7)4-5-10-9/h2,4-6H,1H3. The highest BCUT2D eigenvalue weighted by Crippen LogP contribution is 2.15. The summed E-state index contributed by atoms with van der Waals surface area (Å²) in [5.41, 5.74) is 2.06. The Labute approximate surface area is 59.3 Å². The molecule has 2 aromatic rings. The molecule has 1 aromatic carbocycles. The van der Waals surface area contributed by atoms with Gasteiger partial charge in [0.1, 0.15) is 5.58 Å². The van der Waals surface area contributed by atoms with Gasteiger partial charge in [-0.1, -0.05) is 0 Å². The predicted molar refractivity (Wildman–Crippen MR) is 39.8 cm³/mol. The maximum absolute atomic E-state index is 5.12. The molecule has 49 valence electrons. The third kappa shape index (κ3) is 0.711. The second-order valence-electron chi connectivity index (χ2n) is 2.38. The van der Waals surface area contributed by atoms with Gasteiger partial charge in [0.25, 0.3) is 0 Å². The second kappa shape index (κ2) is 1.87. The molecule has 0 unspecified atom stereocenters. The Morgan fingerprint density at radius 1 is 1.50 bits per heavy atom. The second-order valence-corrected chi connectivity index (χ2v) is 2.38. The normalized spacial score (nSPS) is 10.5. The molecule has 2 rings (SSSR count). The van der Waals surface area contributed by atoms with Crippen molar-refractivity contribution in [3.05, 3.63) is 36.1 Å². The number of rotatable bonds is 0. The fourth-order valence-electron chi connectivity index (χ4n) is 1.02. The number of benzene rings is 1.